The number of nitrogens with zero attached hydrogens (tertiary/aromatic N) is 6. The van der Waals surface area contributed by atoms with Crippen LogP contribution in [-0.2, 0) is 9.47 Å². The third-order valence-corrected chi connectivity index (χ3v) is 5.02. The lowest BCUT2D eigenvalue weighted by Gasteiger charge is -2.31. The predicted molar refractivity (Wildman–Crippen MR) is 103 cm³/mol. The highest BCUT2D eigenvalue weighted by molar-refractivity contribution is 5.77. The van der Waals surface area contributed by atoms with Crippen molar-refractivity contribution in [2.75, 3.05) is 62.4 Å². The Morgan fingerprint density at radius 2 is 1.44 bits per heavy atom. The molecular weight excluding hydrogens is 344 g/mol. The van der Waals surface area contributed by atoms with Gasteiger partial charge < -0.3 is 19.3 Å². The summed E-state index contributed by atoms with van der Waals surface area (Å²) in [5.74, 6) is 2.51. The van der Waals surface area contributed by atoms with Gasteiger partial charge in [0.2, 0.25) is 5.95 Å². The Balaban J connectivity index is 1.60. The maximum atomic E-state index is 5.50. The molecule has 0 amide bonds. The van der Waals surface area contributed by atoms with E-state index in [4.69, 9.17) is 19.4 Å². The molecule has 140 valence electrons. The molecule has 0 bridgehead atoms. The minimum Gasteiger partial charge on any atom is -0.378 e. The van der Waals surface area contributed by atoms with Gasteiger partial charge in [-0.25, -0.2) is 4.98 Å². The number of ether oxygens (including phenoxy) is 2. The minimum atomic E-state index is 0.703. The number of aromatic nitrogens is 4. The van der Waals surface area contributed by atoms with E-state index in [1.807, 2.05) is 35.2 Å². The van der Waals surface area contributed by atoms with Gasteiger partial charge in [0.15, 0.2) is 0 Å². The lowest BCUT2D eigenvalue weighted by molar-refractivity contribution is 0.121. The summed E-state index contributed by atoms with van der Waals surface area (Å²) in [7, 11) is 0. The van der Waals surface area contributed by atoms with Gasteiger partial charge in [-0.15, -0.1) is 0 Å². The molecule has 2 aliphatic heterocycles. The average molecular weight is 366 g/mol. The van der Waals surface area contributed by atoms with E-state index < -0.39 is 0 Å². The summed E-state index contributed by atoms with van der Waals surface area (Å²) in [6.07, 6.45) is 1.83. The zero-order valence-corrected chi connectivity index (χ0v) is 15.1. The maximum Gasteiger partial charge on any atom is 0.229 e. The first-order valence-corrected chi connectivity index (χ1v) is 9.35. The molecule has 2 saturated heterocycles. The van der Waals surface area contributed by atoms with Gasteiger partial charge >= 0.3 is 0 Å². The van der Waals surface area contributed by atoms with E-state index in [1.165, 1.54) is 0 Å². The van der Waals surface area contributed by atoms with Gasteiger partial charge in [0, 0.05) is 32.2 Å². The summed E-state index contributed by atoms with van der Waals surface area (Å²) in [5.41, 5.74) is 1.99. The molecule has 0 aliphatic carbocycles. The fraction of sp³-hybridized carbons (Fsp3) is 0.421. The van der Waals surface area contributed by atoms with Crippen LogP contribution in [0.15, 0.2) is 36.7 Å². The summed E-state index contributed by atoms with van der Waals surface area (Å²) in [6.45, 7) is 6.13. The molecule has 0 atom stereocenters. The van der Waals surface area contributed by atoms with E-state index in [1.54, 1.807) is 0 Å². The van der Waals surface area contributed by atoms with Crippen molar-refractivity contribution in [1.29, 1.82) is 0 Å². The number of para-hydroxylation sites is 2. The molecule has 4 heterocycles. The third-order valence-electron chi connectivity index (χ3n) is 5.02. The Bertz CT molecular complexity index is 895. The molecule has 2 aromatic heterocycles. The molecule has 0 saturated carbocycles. The Hall–Kier alpha value is -2.71. The van der Waals surface area contributed by atoms with Crippen LogP contribution in [0.2, 0.25) is 0 Å². The van der Waals surface area contributed by atoms with Crippen molar-refractivity contribution in [3.05, 3.63) is 36.7 Å². The molecular formula is C19H22N6O2. The minimum absolute atomic E-state index is 0.703. The van der Waals surface area contributed by atoms with Gasteiger partial charge in [0.1, 0.15) is 18.0 Å². The normalized spacial score (nSPS) is 18.2. The topological polar surface area (TPSA) is 68.5 Å². The van der Waals surface area contributed by atoms with E-state index in [0.717, 1.165) is 68.0 Å². The highest BCUT2D eigenvalue weighted by atomic mass is 16.5. The quantitative estimate of drug-likeness (QED) is 0.696. The lowest BCUT2D eigenvalue weighted by Crippen LogP contribution is -2.39. The van der Waals surface area contributed by atoms with Crippen molar-refractivity contribution in [2.24, 2.45) is 0 Å². The third kappa shape index (κ3) is 3.22. The van der Waals surface area contributed by atoms with Gasteiger partial charge in [0.25, 0.3) is 0 Å². The van der Waals surface area contributed by atoms with Crippen molar-refractivity contribution >= 4 is 22.8 Å². The predicted octanol–water partition coefficient (Wildman–Crippen LogP) is 1.49. The van der Waals surface area contributed by atoms with Crippen LogP contribution in [0.3, 0.4) is 0 Å². The maximum absolute atomic E-state index is 5.50. The standard InChI is InChI=1S/C19H22N6O2/c1-2-4-16-15(3-1)20-14-25(16)18-13-17(23-5-9-26-10-6-23)21-19(22-18)24-7-11-27-12-8-24/h1-4,13-14H,5-12H2. The number of benzene rings is 1. The Kier molecular flexibility index (Phi) is 4.35. The monoisotopic (exact) mass is 366 g/mol. The second-order valence-corrected chi connectivity index (χ2v) is 6.69. The average Bonchev–Trinajstić information content (AvgIpc) is 3.19. The Labute approximate surface area is 157 Å². The Morgan fingerprint density at radius 1 is 0.778 bits per heavy atom. The van der Waals surface area contributed by atoms with Gasteiger partial charge in [-0.05, 0) is 12.1 Å². The highest BCUT2D eigenvalue weighted by Crippen LogP contribution is 2.24. The van der Waals surface area contributed by atoms with E-state index in [-0.39, 0.29) is 0 Å². The van der Waals surface area contributed by atoms with Crippen molar-refractivity contribution in [2.45, 2.75) is 0 Å². The first-order chi connectivity index (χ1) is 13.4. The summed E-state index contributed by atoms with van der Waals surface area (Å²) in [5, 5.41) is 0. The summed E-state index contributed by atoms with van der Waals surface area (Å²) < 4.78 is 13.0. The number of imidazole rings is 1. The van der Waals surface area contributed by atoms with Crippen molar-refractivity contribution in [3.8, 4) is 5.82 Å². The second-order valence-electron chi connectivity index (χ2n) is 6.69. The number of morpholine rings is 2. The molecule has 8 nitrogen and oxygen atoms in total. The molecule has 8 heteroatoms. The lowest BCUT2D eigenvalue weighted by atomic mass is 10.3. The number of fused-ring (bicyclic) bond motifs is 1. The van der Waals surface area contributed by atoms with E-state index in [0.29, 0.717) is 13.2 Å². The summed E-state index contributed by atoms with van der Waals surface area (Å²) >= 11 is 0. The summed E-state index contributed by atoms with van der Waals surface area (Å²) in [4.78, 5) is 18.7. The molecule has 1 aromatic carbocycles. The van der Waals surface area contributed by atoms with Crippen molar-refractivity contribution in [3.63, 3.8) is 0 Å². The molecule has 5 rings (SSSR count). The van der Waals surface area contributed by atoms with E-state index >= 15 is 0 Å². The van der Waals surface area contributed by atoms with Crippen LogP contribution in [0, 0.1) is 0 Å². The molecule has 0 unspecified atom stereocenters. The molecule has 2 aliphatic rings. The van der Waals surface area contributed by atoms with Gasteiger partial charge in [-0.3, -0.25) is 4.57 Å². The fourth-order valence-corrected chi connectivity index (χ4v) is 3.53. The van der Waals surface area contributed by atoms with Gasteiger partial charge in [-0.1, -0.05) is 12.1 Å². The van der Waals surface area contributed by atoms with Crippen LogP contribution in [0.5, 0.6) is 0 Å². The van der Waals surface area contributed by atoms with Crippen molar-refractivity contribution < 1.29 is 9.47 Å². The first kappa shape index (κ1) is 16.5. The SMILES string of the molecule is c1ccc2c(c1)ncn2-c1cc(N2CCOCC2)nc(N2CCOCC2)n1. The van der Waals surface area contributed by atoms with Gasteiger partial charge in [-0.2, -0.15) is 9.97 Å². The zero-order chi connectivity index (χ0) is 18.1. The molecule has 2 fully saturated rings. The van der Waals surface area contributed by atoms with Crippen LogP contribution >= 0.6 is 0 Å². The van der Waals surface area contributed by atoms with Crippen LogP contribution in [0.25, 0.3) is 16.9 Å². The van der Waals surface area contributed by atoms with E-state index in [2.05, 4.69) is 20.9 Å². The second kappa shape index (κ2) is 7.13. The van der Waals surface area contributed by atoms with Crippen LogP contribution < -0.4 is 9.80 Å². The summed E-state index contributed by atoms with van der Waals surface area (Å²) in [6, 6.07) is 10.1. The number of hydrogen-bond donors (Lipinski definition) is 0. The highest BCUT2D eigenvalue weighted by Gasteiger charge is 2.20. The molecule has 0 radical (unpaired) electrons. The number of anilines is 2. The first-order valence-electron chi connectivity index (χ1n) is 9.35. The molecule has 0 spiro atoms. The van der Waals surface area contributed by atoms with Crippen LogP contribution in [0.4, 0.5) is 11.8 Å². The van der Waals surface area contributed by atoms with Gasteiger partial charge in [0.05, 0.1) is 37.5 Å². The molecule has 27 heavy (non-hydrogen) atoms. The zero-order valence-electron chi connectivity index (χ0n) is 15.1. The number of rotatable bonds is 3. The van der Waals surface area contributed by atoms with Crippen LogP contribution in [-0.4, -0.2) is 72.1 Å². The smallest absolute Gasteiger partial charge is 0.229 e. The Morgan fingerprint density at radius 3 is 2.22 bits per heavy atom. The van der Waals surface area contributed by atoms with Crippen molar-refractivity contribution in [1.82, 2.24) is 19.5 Å². The molecule has 0 N–H and O–H groups in total. The number of hydrogen-bond acceptors (Lipinski definition) is 7. The van der Waals surface area contributed by atoms with E-state index in [9.17, 15) is 0 Å². The van der Waals surface area contributed by atoms with Crippen LogP contribution in [0.1, 0.15) is 0 Å². The molecule has 3 aromatic rings. The fourth-order valence-electron chi connectivity index (χ4n) is 3.53. The largest absolute Gasteiger partial charge is 0.378 e.